The third-order valence-electron chi connectivity index (χ3n) is 4.17. The van der Waals surface area contributed by atoms with Crippen LogP contribution in [0.2, 0.25) is 0 Å². The predicted octanol–water partition coefficient (Wildman–Crippen LogP) is 2.52. The highest BCUT2D eigenvalue weighted by atomic mass is 16.5. The average molecular weight is 394 g/mol. The Balaban J connectivity index is 1.92. The molecular weight excluding hydrogens is 376 g/mol. The minimum Gasteiger partial charge on any atom is -0.493 e. The van der Waals surface area contributed by atoms with E-state index in [2.05, 4.69) is 11.7 Å². The molecule has 1 heterocycles. The smallest absolute Gasteiger partial charge is 0.341 e. The third kappa shape index (κ3) is 4.01. The van der Waals surface area contributed by atoms with Crippen molar-refractivity contribution in [3.63, 3.8) is 0 Å². The maximum atomic E-state index is 12.4. The Hall–Kier alpha value is -3.94. The van der Waals surface area contributed by atoms with E-state index >= 15 is 0 Å². The van der Waals surface area contributed by atoms with Gasteiger partial charge in [0.2, 0.25) is 0 Å². The highest BCUT2D eigenvalue weighted by Gasteiger charge is 2.35. The van der Waals surface area contributed by atoms with Crippen molar-refractivity contribution >= 4 is 24.0 Å². The van der Waals surface area contributed by atoms with Gasteiger partial charge in [-0.25, -0.2) is 4.79 Å². The van der Waals surface area contributed by atoms with E-state index in [1.807, 2.05) is 0 Å². The molecule has 0 aromatic heterocycles. The summed E-state index contributed by atoms with van der Waals surface area (Å²) in [5, 5.41) is 13.7. The van der Waals surface area contributed by atoms with Crippen molar-refractivity contribution in [1.82, 2.24) is 5.01 Å². The summed E-state index contributed by atoms with van der Waals surface area (Å²) in [5.74, 6) is -1.53. The van der Waals surface area contributed by atoms with Gasteiger partial charge < -0.3 is 14.6 Å². The van der Waals surface area contributed by atoms with Crippen molar-refractivity contribution in [2.24, 2.45) is 5.10 Å². The second-order valence-corrected chi connectivity index (χ2v) is 6.10. The molecule has 0 fully saturated rings. The van der Waals surface area contributed by atoms with Crippen molar-refractivity contribution in [3.8, 4) is 11.5 Å². The number of hydrogen-bond acceptors (Lipinski definition) is 6. The Kier molecular flexibility index (Phi) is 5.73. The van der Waals surface area contributed by atoms with E-state index in [0.717, 1.165) is 5.01 Å². The topological polar surface area (TPSA) is 106 Å². The molecule has 2 aromatic rings. The molecule has 8 heteroatoms. The molecule has 29 heavy (non-hydrogen) atoms. The highest BCUT2D eigenvalue weighted by molar-refractivity contribution is 6.21. The number of carbonyl (C=O) groups is 3. The molecular formula is C21H18N2O6. The Morgan fingerprint density at radius 1 is 1.21 bits per heavy atom. The number of ether oxygens (including phenoxy) is 2. The van der Waals surface area contributed by atoms with Crippen LogP contribution in [0.1, 0.15) is 31.8 Å². The molecule has 148 valence electrons. The first-order valence-corrected chi connectivity index (χ1v) is 8.64. The van der Waals surface area contributed by atoms with E-state index in [1.165, 1.54) is 13.3 Å². The summed E-state index contributed by atoms with van der Waals surface area (Å²) < 4.78 is 10.7. The molecule has 0 spiro atoms. The minimum absolute atomic E-state index is 0.285. The summed E-state index contributed by atoms with van der Waals surface area (Å²) in [5.41, 5.74) is 1.77. The molecule has 0 radical (unpaired) electrons. The average Bonchev–Trinajstić information content (AvgIpc) is 2.95. The number of carboxylic acids is 1. The second kappa shape index (κ2) is 8.39. The van der Waals surface area contributed by atoms with Crippen molar-refractivity contribution in [1.29, 1.82) is 0 Å². The van der Waals surface area contributed by atoms with E-state index in [9.17, 15) is 14.4 Å². The number of hydrogen-bond donors (Lipinski definition) is 1. The first-order chi connectivity index (χ1) is 14.0. The van der Waals surface area contributed by atoms with Gasteiger partial charge >= 0.3 is 5.97 Å². The fraction of sp³-hybridized carbons (Fsp3) is 0.143. The number of carboxylic acid groups (broad SMARTS) is 1. The van der Waals surface area contributed by atoms with Crippen molar-refractivity contribution in [2.75, 3.05) is 13.7 Å². The van der Waals surface area contributed by atoms with Gasteiger partial charge in [0.05, 0.1) is 24.5 Å². The number of amides is 2. The summed E-state index contributed by atoms with van der Waals surface area (Å²) in [6, 6.07) is 9.78. The maximum Gasteiger partial charge on any atom is 0.341 e. The molecule has 2 amide bonds. The van der Waals surface area contributed by atoms with E-state index in [-0.39, 0.29) is 5.75 Å². The molecule has 1 aliphatic rings. The number of aliphatic carboxylic acids is 1. The van der Waals surface area contributed by atoms with E-state index in [4.69, 9.17) is 14.6 Å². The monoisotopic (exact) mass is 394 g/mol. The van der Waals surface area contributed by atoms with Crippen LogP contribution in [0.15, 0.2) is 54.2 Å². The third-order valence-corrected chi connectivity index (χ3v) is 4.17. The Bertz CT molecular complexity index is 993. The Morgan fingerprint density at radius 2 is 1.86 bits per heavy atom. The van der Waals surface area contributed by atoms with Crippen LogP contribution < -0.4 is 9.47 Å². The molecule has 0 saturated carbocycles. The van der Waals surface area contributed by atoms with Crippen molar-refractivity contribution in [2.45, 2.75) is 6.42 Å². The summed E-state index contributed by atoms with van der Waals surface area (Å²) in [4.78, 5) is 35.6. The minimum atomic E-state index is -1.12. The predicted molar refractivity (Wildman–Crippen MR) is 105 cm³/mol. The van der Waals surface area contributed by atoms with Gasteiger partial charge in [-0.1, -0.05) is 18.2 Å². The molecule has 0 bridgehead atoms. The van der Waals surface area contributed by atoms with Gasteiger partial charge in [-0.05, 0) is 36.2 Å². The van der Waals surface area contributed by atoms with Crippen LogP contribution in [-0.4, -0.2) is 47.8 Å². The van der Waals surface area contributed by atoms with E-state index in [0.29, 0.717) is 34.4 Å². The van der Waals surface area contributed by atoms with Crippen LogP contribution >= 0.6 is 0 Å². The zero-order valence-corrected chi connectivity index (χ0v) is 15.6. The fourth-order valence-corrected chi connectivity index (χ4v) is 2.92. The fourth-order valence-electron chi connectivity index (χ4n) is 2.92. The molecule has 8 nitrogen and oxygen atoms in total. The molecule has 0 saturated heterocycles. The highest BCUT2D eigenvalue weighted by Crippen LogP contribution is 2.33. The standard InChI is InChI=1S/C21H18N2O6/c1-3-6-14-9-13(10-17(28-2)19(14)29-12-18(24)25)11-22-23-20(26)15-7-4-5-8-16(15)21(23)27/h3-5,7-11H,1,6,12H2,2H3,(H,24,25)/b22-11-. The number of methoxy groups -OCH3 is 1. The van der Waals surface area contributed by atoms with Crippen LogP contribution in [0.5, 0.6) is 11.5 Å². The quantitative estimate of drug-likeness (QED) is 0.419. The first kappa shape index (κ1) is 19.8. The Labute approximate surface area is 166 Å². The number of benzene rings is 2. The Morgan fingerprint density at radius 3 is 2.41 bits per heavy atom. The van der Waals surface area contributed by atoms with Gasteiger partial charge in [0.25, 0.3) is 11.8 Å². The van der Waals surface area contributed by atoms with Crippen LogP contribution in [0.3, 0.4) is 0 Å². The first-order valence-electron chi connectivity index (χ1n) is 8.64. The lowest BCUT2D eigenvalue weighted by Crippen LogP contribution is -2.24. The maximum absolute atomic E-state index is 12.4. The molecule has 1 aliphatic heterocycles. The van der Waals surface area contributed by atoms with E-state index < -0.39 is 24.4 Å². The number of rotatable bonds is 8. The van der Waals surface area contributed by atoms with Gasteiger partial charge in [0, 0.05) is 5.56 Å². The number of hydrazone groups is 1. The lowest BCUT2D eigenvalue weighted by molar-refractivity contribution is -0.139. The van der Waals surface area contributed by atoms with Gasteiger partial charge in [0.1, 0.15) is 0 Å². The van der Waals surface area contributed by atoms with Gasteiger partial charge in [0.15, 0.2) is 18.1 Å². The van der Waals surface area contributed by atoms with Crippen LogP contribution in [0.4, 0.5) is 0 Å². The zero-order chi connectivity index (χ0) is 21.0. The number of imide groups is 1. The summed E-state index contributed by atoms with van der Waals surface area (Å²) in [6.07, 6.45) is 3.38. The van der Waals surface area contributed by atoms with Gasteiger partial charge in [-0.2, -0.15) is 10.1 Å². The van der Waals surface area contributed by atoms with Crippen molar-refractivity contribution < 1.29 is 29.0 Å². The zero-order valence-electron chi connectivity index (χ0n) is 15.6. The molecule has 0 aliphatic carbocycles. The van der Waals surface area contributed by atoms with Gasteiger partial charge in [-0.3, -0.25) is 9.59 Å². The summed E-state index contributed by atoms with van der Waals surface area (Å²) in [6.45, 7) is 3.16. The number of allylic oxidation sites excluding steroid dienone is 1. The summed E-state index contributed by atoms with van der Waals surface area (Å²) in [7, 11) is 1.42. The lowest BCUT2D eigenvalue weighted by Gasteiger charge is -2.14. The number of fused-ring (bicyclic) bond motifs is 1. The number of nitrogens with zero attached hydrogens (tertiary/aromatic N) is 2. The van der Waals surface area contributed by atoms with E-state index in [1.54, 1.807) is 42.5 Å². The van der Waals surface area contributed by atoms with Crippen LogP contribution in [0, 0.1) is 0 Å². The number of carbonyl (C=O) groups excluding carboxylic acids is 2. The molecule has 2 aromatic carbocycles. The molecule has 0 unspecified atom stereocenters. The SMILES string of the molecule is C=CCc1cc(/C=N\N2C(=O)c3ccccc3C2=O)cc(OC)c1OCC(=O)O. The largest absolute Gasteiger partial charge is 0.493 e. The van der Waals surface area contributed by atoms with Gasteiger partial charge in [-0.15, -0.1) is 6.58 Å². The molecule has 3 rings (SSSR count). The molecule has 1 N–H and O–H groups in total. The normalized spacial score (nSPS) is 12.9. The van der Waals surface area contributed by atoms with Crippen LogP contribution in [-0.2, 0) is 11.2 Å². The summed E-state index contributed by atoms with van der Waals surface area (Å²) >= 11 is 0. The second-order valence-electron chi connectivity index (χ2n) is 6.10. The van der Waals surface area contributed by atoms with Crippen molar-refractivity contribution in [3.05, 3.63) is 71.3 Å². The molecule has 0 atom stereocenters. The van der Waals surface area contributed by atoms with Crippen LogP contribution in [0.25, 0.3) is 0 Å². The lowest BCUT2D eigenvalue weighted by atomic mass is 10.1.